The van der Waals surface area contributed by atoms with Crippen LogP contribution in [0.2, 0.25) is 0 Å². The quantitative estimate of drug-likeness (QED) is 0.221. The van der Waals surface area contributed by atoms with Crippen LogP contribution in [0.5, 0.6) is 0 Å². The summed E-state index contributed by atoms with van der Waals surface area (Å²) < 4.78 is 11.4. The molecule has 0 aromatic heterocycles. The Morgan fingerprint density at radius 1 is 1.29 bits per heavy atom. The fourth-order valence-electron chi connectivity index (χ4n) is 2.59. The first-order chi connectivity index (χ1) is 11.1. The van der Waals surface area contributed by atoms with E-state index in [1.807, 2.05) is 18.8 Å². The van der Waals surface area contributed by atoms with Crippen molar-refractivity contribution in [2.24, 2.45) is 10.9 Å². The molecule has 1 aliphatic heterocycles. The van der Waals surface area contributed by atoms with E-state index in [-0.39, 0.29) is 28.7 Å². The van der Waals surface area contributed by atoms with Crippen molar-refractivity contribution in [3.05, 3.63) is 0 Å². The number of nitrogens with one attached hydrogen (secondary N) is 2. The summed E-state index contributed by atoms with van der Waals surface area (Å²) in [5.74, 6) is 2.63. The van der Waals surface area contributed by atoms with Crippen molar-refractivity contribution >= 4 is 41.7 Å². The zero-order valence-electron chi connectivity index (χ0n) is 15.7. The molecule has 0 amide bonds. The van der Waals surface area contributed by atoms with Gasteiger partial charge in [0, 0.05) is 51.3 Å². The molecule has 7 heteroatoms. The van der Waals surface area contributed by atoms with Gasteiger partial charge in [-0.25, -0.2) is 0 Å². The Morgan fingerprint density at radius 2 is 2.00 bits per heavy atom. The van der Waals surface area contributed by atoms with E-state index in [1.165, 1.54) is 0 Å². The Labute approximate surface area is 169 Å². The third-order valence-corrected chi connectivity index (χ3v) is 5.32. The number of halogens is 1. The Balaban J connectivity index is 0.00000529. The Morgan fingerprint density at radius 3 is 2.58 bits per heavy atom. The standard InChI is InChI=1S/C17H35N3O2S.HI/c1-5-23-17(7-11-21-12-8-17)14-20-16(18-4)19-9-6-10-22-13-15(2)3;/h15H,5-14H2,1-4H3,(H2,18,19,20);1H. The first kappa shape index (κ1) is 24.3. The number of rotatable bonds is 10. The largest absolute Gasteiger partial charge is 0.381 e. The van der Waals surface area contributed by atoms with E-state index in [2.05, 4.69) is 36.4 Å². The van der Waals surface area contributed by atoms with Gasteiger partial charge < -0.3 is 20.1 Å². The fraction of sp³-hybridized carbons (Fsp3) is 0.941. The van der Waals surface area contributed by atoms with Crippen molar-refractivity contribution in [2.75, 3.05) is 52.3 Å². The minimum Gasteiger partial charge on any atom is -0.381 e. The van der Waals surface area contributed by atoms with E-state index in [9.17, 15) is 0 Å². The van der Waals surface area contributed by atoms with E-state index in [0.717, 1.165) is 70.5 Å². The van der Waals surface area contributed by atoms with Crippen molar-refractivity contribution in [1.82, 2.24) is 10.6 Å². The molecule has 0 radical (unpaired) electrons. The molecule has 0 unspecified atom stereocenters. The number of ether oxygens (including phenoxy) is 2. The topological polar surface area (TPSA) is 54.9 Å². The summed E-state index contributed by atoms with van der Waals surface area (Å²) in [4.78, 5) is 4.32. The second-order valence-corrected chi connectivity index (χ2v) is 8.14. The van der Waals surface area contributed by atoms with Crippen LogP contribution in [0.15, 0.2) is 4.99 Å². The zero-order valence-corrected chi connectivity index (χ0v) is 18.9. The van der Waals surface area contributed by atoms with Gasteiger partial charge in [0.1, 0.15) is 0 Å². The molecule has 5 nitrogen and oxygen atoms in total. The van der Waals surface area contributed by atoms with Crippen LogP contribution >= 0.6 is 35.7 Å². The molecule has 24 heavy (non-hydrogen) atoms. The maximum absolute atomic E-state index is 5.60. The van der Waals surface area contributed by atoms with E-state index in [0.29, 0.717) is 5.92 Å². The predicted molar refractivity (Wildman–Crippen MR) is 116 cm³/mol. The number of aliphatic imine (C=N–C) groups is 1. The normalized spacial score (nSPS) is 17.5. The van der Waals surface area contributed by atoms with Gasteiger partial charge in [-0.15, -0.1) is 24.0 Å². The van der Waals surface area contributed by atoms with Gasteiger partial charge in [0.05, 0.1) is 0 Å². The van der Waals surface area contributed by atoms with Crippen LogP contribution in [0.4, 0.5) is 0 Å². The molecule has 0 aromatic carbocycles. The van der Waals surface area contributed by atoms with Crippen LogP contribution in [0, 0.1) is 5.92 Å². The lowest BCUT2D eigenvalue weighted by Crippen LogP contribution is -2.48. The van der Waals surface area contributed by atoms with Crippen LogP contribution in [-0.2, 0) is 9.47 Å². The highest BCUT2D eigenvalue weighted by atomic mass is 127. The highest BCUT2D eigenvalue weighted by Gasteiger charge is 2.32. The Bertz CT molecular complexity index is 332. The minimum atomic E-state index is 0. The Hall–Kier alpha value is 0.270. The van der Waals surface area contributed by atoms with Gasteiger partial charge in [0.15, 0.2) is 5.96 Å². The van der Waals surface area contributed by atoms with Crippen LogP contribution < -0.4 is 10.6 Å². The number of nitrogens with zero attached hydrogens (tertiary/aromatic N) is 1. The summed E-state index contributed by atoms with van der Waals surface area (Å²) in [7, 11) is 1.83. The van der Waals surface area contributed by atoms with Crippen LogP contribution in [0.1, 0.15) is 40.0 Å². The lowest BCUT2D eigenvalue weighted by atomic mass is 9.99. The maximum Gasteiger partial charge on any atom is 0.191 e. The molecule has 0 aromatic rings. The van der Waals surface area contributed by atoms with Crippen molar-refractivity contribution in [3.8, 4) is 0 Å². The minimum absolute atomic E-state index is 0. The van der Waals surface area contributed by atoms with Crippen LogP contribution in [0.3, 0.4) is 0 Å². The zero-order chi connectivity index (χ0) is 17.0. The summed E-state index contributed by atoms with van der Waals surface area (Å²) in [6.07, 6.45) is 3.22. The summed E-state index contributed by atoms with van der Waals surface area (Å²) >= 11 is 2.04. The molecule has 1 fully saturated rings. The lowest BCUT2D eigenvalue weighted by molar-refractivity contribution is 0.0782. The molecular formula is C17H36IN3O2S. The average molecular weight is 473 g/mol. The molecule has 0 aliphatic carbocycles. The summed E-state index contributed by atoms with van der Waals surface area (Å²) in [5, 5.41) is 6.87. The molecule has 0 saturated carbocycles. The molecule has 1 rings (SSSR count). The Kier molecular flexibility index (Phi) is 14.6. The van der Waals surface area contributed by atoms with Crippen molar-refractivity contribution in [3.63, 3.8) is 0 Å². The van der Waals surface area contributed by atoms with Crippen molar-refractivity contribution in [2.45, 2.75) is 44.8 Å². The third-order valence-electron chi connectivity index (χ3n) is 3.87. The SMILES string of the molecule is CCSC1(CNC(=NC)NCCCOCC(C)C)CCOCC1.I. The molecular weight excluding hydrogens is 437 g/mol. The highest BCUT2D eigenvalue weighted by molar-refractivity contribution is 14.0. The smallest absolute Gasteiger partial charge is 0.191 e. The number of hydrogen-bond acceptors (Lipinski definition) is 4. The number of hydrogen-bond donors (Lipinski definition) is 2. The van der Waals surface area contributed by atoms with E-state index < -0.39 is 0 Å². The van der Waals surface area contributed by atoms with E-state index in [1.54, 1.807) is 0 Å². The monoisotopic (exact) mass is 473 g/mol. The van der Waals surface area contributed by atoms with Crippen molar-refractivity contribution in [1.29, 1.82) is 0 Å². The second-order valence-electron chi connectivity index (χ2n) is 6.40. The van der Waals surface area contributed by atoms with Gasteiger partial charge in [-0.1, -0.05) is 20.8 Å². The summed E-state index contributed by atoms with van der Waals surface area (Å²) in [6.45, 7) is 11.8. The van der Waals surface area contributed by atoms with Gasteiger partial charge in [-0.3, -0.25) is 4.99 Å². The molecule has 1 heterocycles. The molecule has 2 N–H and O–H groups in total. The number of guanidine groups is 1. The highest BCUT2D eigenvalue weighted by Crippen LogP contribution is 2.34. The molecule has 0 spiro atoms. The molecule has 144 valence electrons. The lowest BCUT2D eigenvalue weighted by Gasteiger charge is -2.37. The van der Waals surface area contributed by atoms with Gasteiger partial charge in [0.2, 0.25) is 0 Å². The average Bonchev–Trinajstić information content (AvgIpc) is 2.54. The fourth-order valence-corrected chi connectivity index (χ4v) is 3.83. The van der Waals surface area contributed by atoms with Gasteiger partial charge in [-0.2, -0.15) is 11.8 Å². The van der Waals surface area contributed by atoms with Gasteiger partial charge >= 0.3 is 0 Å². The summed E-state index contributed by atoms with van der Waals surface area (Å²) in [6, 6.07) is 0. The molecule has 0 atom stereocenters. The number of thioether (sulfide) groups is 1. The van der Waals surface area contributed by atoms with Gasteiger partial charge in [-0.05, 0) is 30.9 Å². The third kappa shape index (κ3) is 10.3. The van der Waals surface area contributed by atoms with Crippen LogP contribution in [-0.4, -0.2) is 63.0 Å². The molecule has 1 aliphatic rings. The van der Waals surface area contributed by atoms with E-state index >= 15 is 0 Å². The van der Waals surface area contributed by atoms with Crippen molar-refractivity contribution < 1.29 is 9.47 Å². The maximum atomic E-state index is 5.60. The van der Waals surface area contributed by atoms with Gasteiger partial charge in [0.25, 0.3) is 0 Å². The van der Waals surface area contributed by atoms with Crippen LogP contribution in [0.25, 0.3) is 0 Å². The predicted octanol–water partition coefficient (Wildman–Crippen LogP) is 3.13. The summed E-state index contributed by atoms with van der Waals surface area (Å²) in [5.41, 5.74) is 0. The van der Waals surface area contributed by atoms with E-state index in [4.69, 9.17) is 9.47 Å². The molecule has 1 saturated heterocycles. The molecule has 0 bridgehead atoms. The first-order valence-corrected chi connectivity index (χ1v) is 9.84. The second kappa shape index (κ2) is 14.4. The first-order valence-electron chi connectivity index (χ1n) is 8.86.